The zero-order valence-corrected chi connectivity index (χ0v) is 20.8. The number of aliphatic hydroxyl groups is 1. The first-order valence-corrected chi connectivity index (χ1v) is 13.6. The molecule has 0 radical (unpaired) electrons. The van der Waals surface area contributed by atoms with Crippen molar-refractivity contribution in [3.8, 4) is 0 Å². The van der Waals surface area contributed by atoms with E-state index in [2.05, 4.69) is 18.8 Å². The molecule has 7 nitrogen and oxygen atoms in total. The van der Waals surface area contributed by atoms with Gasteiger partial charge in [0.2, 0.25) is 0 Å². The third-order valence-electron chi connectivity index (χ3n) is 6.10. The molecule has 10 heteroatoms. The number of hydrogen-bond donors (Lipinski definition) is 2. The minimum atomic E-state index is -3.90. The Morgan fingerprint density at radius 3 is 2.50 bits per heavy atom. The summed E-state index contributed by atoms with van der Waals surface area (Å²) in [6.45, 7) is 5.09. The zero-order valence-electron chi connectivity index (χ0n) is 19.1. The summed E-state index contributed by atoms with van der Waals surface area (Å²) in [6.07, 6.45) is 1.79. The van der Waals surface area contributed by atoms with Gasteiger partial charge in [-0.15, -0.1) is 0 Å². The molecular formula is C24H28FN3O4S2. The summed E-state index contributed by atoms with van der Waals surface area (Å²) in [7, 11) is -3.90. The summed E-state index contributed by atoms with van der Waals surface area (Å²) in [5, 5.41) is 10.9. The van der Waals surface area contributed by atoms with Crippen molar-refractivity contribution in [2.75, 3.05) is 18.8 Å². The molecule has 0 bridgehead atoms. The largest absolute Gasteiger partial charge is 0.390 e. The molecule has 0 aliphatic carbocycles. The molecule has 0 unspecified atom stereocenters. The molecule has 0 atom stereocenters. The van der Waals surface area contributed by atoms with E-state index in [-0.39, 0.29) is 27.2 Å². The van der Waals surface area contributed by atoms with Crippen molar-refractivity contribution in [3.63, 3.8) is 0 Å². The van der Waals surface area contributed by atoms with E-state index in [0.717, 1.165) is 17.4 Å². The van der Waals surface area contributed by atoms with Crippen LogP contribution in [0, 0.1) is 11.7 Å². The van der Waals surface area contributed by atoms with Crippen molar-refractivity contribution in [2.45, 2.75) is 49.4 Å². The molecule has 1 aliphatic rings. The fraction of sp³-hybridized carbons (Fsp3) is 0.417. The summed E-state index contributed by atoms with van der Waals surface area (Å²) in [5.41, 5.74) is 6.05. The Balaban J connectivity index is 1.47. The number of carbonyl (C=O) groups is 1. The minimum Gasteiger partial charge on any atom is -0.390 e. The van der Waals surface area contributed by atoms with Crippen LogP contribution in [-0.2, 0) is 15.6 Å². The van der Waals surface area contributed by atoms with E-state index in [1.807, 2.05) is 0 Å². The summed E-state index contributed by atoms with van der Waals surface area (Å²) in [4.78, 5) is 18.5. The normalized spacial score (nSPS) is 16.3. The minimum absolute atomic E-state index is 0.147. The van der Waals surface area contributed by atoms with Gasteiger partial charge in [0, 0.05) is 18.7 Å². The van der Waals surface area contributed by atoms with Gasteiger partial charge in [-0.3, -0.25) is 4.79 Å². The molecular weight excluding hydrogens is 477 g/mol. The average molecular weight is 506 g/mol. The molecule has 0 spiro atoms. The number of nitrogens with zero attached hydrogens (tertiary/aromatic N) is 2. The Labute approximate surface area is 202 Å². The van der Waals surface area contributed by atoms with Crippen molar-refractivity contribution in [1.82, 2.24) is 9.88 Å². The predicted octanol–water partition coefficient (Wildman–Crippen LogP) is 4.00. The molecule has 34 heavy (non-hydrogen) atoms. The maximum absolute atomic E-state index is 14.0. The van der Waals surface area contributed by atoms with Gasteiger partial charge in [0.05, 0.1) is 20.9 Å². The van der Waals surface area contributed by atoms with E-state index in [1.54, 1.807) is 29.2 Å². The molecule has 1 amide bonds. The molecule has 1 aliphatic heterocycles. The van der Waals surface area contributed by atoms with Gasteiger partial charge in [-0.2, -0.15) is 0 Å². The van der Waals surface area contributed by atoms with Crippen molar-refractivity contribution in [3.05, 3.63) is 53.3 Å². The second kappa shape index (κ2) is 9.24. The SMILES string of the molecule is CC(C)CC1(O)CCN(C(=O)c2ccc(CS(=O)(=O)c3cc(F)cc4sc(N)nc34)cc2)CC1. The number of anilines is 1. The Morgan fingerprint density at radius 1 is 1.24 bits per heavy atom. The summed E-state index contributed by atoms with van der Waals surface area (Å²) in [5.74, 6) is -0.792. The van der Waals surface area contributed by atoms with Crippen LogP contribution in [0.25, 0.3) is 10.2 Å². The fourth-order valence-electron chi connectivity index (χ4n) is 4.53. The number of rotatable bonds is 6. The highest BCUT2D eigenvalue weighted by Gasteiger charge is 2.34. The number of fused-ring (bicyclic) bond motifs is 1. The van der Waals surface area contributed by atoms with Crippen LogP contribution in [0.15, 0.2) is 41.3 Å². The average Bonchev–Trinajstić information content (AvgIpc) is 3.12. The summed E-state index contributed by atoms with van der Waals surface area (Å²) < 4.78 is 40.5. The van der Waals surface area contributed by atoms with Gasteiger partial charge in [0.25, 0.3) is 5.91 Å². The zero-order chi connectivity index (χ0) is 24.7. The predicted molar refractivity (Wildman–Crippen MR) is 131 cm³/mol. The van der Waals surface area contributed by atoms with Gasteiger partial charge in [-0.05, 0) is 55.0 Å². The van der Waals surface area contributed by atoms with Crippen LogP contribution in [0.2, 0.25) is 0 Å². The van der Waals surface area contributed by atoms with Gasteiger partial charge in [-0.1, -0.05) is 37.3 Å². The Kier molecular flexibility index (Phi) is 6.67. The molecule has 3 aromatic rings. The lowest BCUT2D eigenvalue weighted by Crippen LogP contribution is -2.47. The van der Waals surface area contributed by atoms with Crippen LogP contribution in [0.3, 0.4) is 0 Å². The van der Waals surface area contributed by atoms with E-state index in [4.69, 9.17) is 5.73 Å². The number of likely N-dealkylation sites (tertiary alicyclic amines) is 1. The third-order valence-corrected chi connectivity index (χ3v) is 8.63. The number of sulfone groups is 1. The highest BCUT2D eigenvalue weighted by Crippen LogP contribution is 2.32. The Bertz CT molecular complexity index is 1310. The molecule has 0 saturated carbocycles. The number of amides is 1. The first kappa shape index (κ1) is 24.6. The smallest absolute Gasteiger partial charge is 0.253 e. The third kappa shape index (κ3) is 5.24. The lowest BCUT2D eigenvalue weighted by atomic mass is 9.84. The quantitative estimate of drug-likeness (QED) is 0.523. The summed E-state index contributed by atoms with van der Waals surface area (Å²) in [6, 6.07) is 8.57. The number of halogens is 1. The topological polar surface area (TPSA) is 114 Å². The molecule has 1 saturated heterocycles. The van der Waals surface area contributed by atoms with Crippen LogP contribution in [-0.4, -0.2) is 48.0 Å². The highest BCUT2D eigenvalue weighted by atomic mass is 32.2. The van der Waals surface area contributed by atoms with Gasteiger partial charge < -0.3 is 15.7 Å². The van der Waals surface area contributed by atoms with Gasteiger partial charge in [0.1, 0.15) is 11.3 Å². The van der Waals surface area contributed by atoms with Gasteiger partial charge in [0.15, 0.2) is 15.0 Å². The lowest BCUT2D eigenvalue weighted by Gasteiger charge is -2.39. The second-order valence-electron chi connectivity index (χ2n) is 9.37. The van der Waals surface area contributed by atoms with E-state index in [1.165, 1.54) is 6.07 Å². The lowest BCUT2D eigenvalue weighted by molar-refractivity contribution is -0.0311. The van der Waals surface area contributed by atoms with Gasteiger partial charge >= 0.3 is 0 Å². The van der Waals surface area contributed by atoms with Crippen LogP contribution in [0.1, 0.15) is 49.0 Å². The molecule has 1 fully saturated rings. The number of nitrogens with two attached hydrogens (primary N) is 1. The number of carbonyl (C=O) groups excluding carboxylic acids is 1. The fourth-order valence-corrected chi connectivity index (χ4v) is 6.91. The second-order valence-corrected chi connectivity index (χ2v) is 12.4. The van der Waals surface area contributed by atoms with Crippen LogP contribution < -0.4 is 5.73 Å². The summed E-state index contributed by atoms with van der Waals surface area (Å²) >= 11 is 1.03. The van der Waals surface area contributed by atoms with Crippen LogP contribution >= 0.6 is 11.3 Å². The first-order chi connectivity index (χ1) is 16.0. The van der Waals surface area contributed by atoms with Gasteiger partial charge in [-0.25, -0.2) is 17.8 Å². The first-order valence-electron chi connectivity index (χ1n) is 11.1. The van der Waals surface area contributed by atoms with Crippen LogP contribution in [0.5, 0.6) is 0 Å². The van der Waals surface area contributed by atoms with E-state index in [0.29, 0.717) is 54.1 Å². The van der Waals surface area contributed by atoms with Crippen LogP contribution in [0.4, 0.5) is 9.52 Å². The maximum atomic E-state index is 14.0. The number of thiazole rings is 1. The Hall–Kier alpha value is -2.56. The number of aromatic nitrogens is 1. The van der Waals surface area contributed by atoms with Crippen molar-refractivity contribution in [2.24, 2.45) is 5.92 Å². The molecule has 4 rings (SSSR count). The molecule has 182 valence electrons. The highest BCUT2D eigenvalue weighted by molar-refractivity contribution is 7.90. The molecule has 1 aromatic heterocycles. The molecule has 2 heterocycles. The van der Waals surface area contributed by atoms with Crippen molar-refractivity contribution < 1.29 is 22.7 Å². The van der Waals surface area contributed by atoms with Crippen molar-refractivity contribution >= 4 is 42.4 Å². The number of hydrogen-bond acceptors (Lipinski definition) is 7. The number of piperidine rings is 1. The monoisotopic (exact) mass is 505 g/mol. The van der Waals surface area contributed by atoms with Crippen molar-refractivity contribution in [1.29, 1.82) is 0 Å². The maximum Gasteiger partial charge on any atom is 0.253 e. The molecule has 3 N–H and O–H groups in total. The Morgan fingerprint density at radius 2 is 1.88 bits per heavy atom. The number of benzene rings is 2. The van der Waals surface area contributed by atoms with E-state index in [9.17, 15) is 22.7 Å². The molecule has 2 aromatic carbocycles. The number of nitrogen functional groups attached to an aromatic ring is 1. The standard InChI is InChI=1S/C24H28FN3O4S2/c1-15(2)13-24(30)7-9-28(10-8-24)22(29)17-5-3-16(4-6-17)14-34(31,32)20-12-18(25)11-19-21(20)27-23(26)33-19/h3-6,11-12,15,30H,7-10,13-14H2,1-2H3,(H2,26,27). The van der Waals surface area contributed by atoms with E-state index >= 15 is 0 Å². The van der Waals surface area contributed by atoms with E-state index < -0.39 is 21.3 Å².